The molecular weight excluding hydrogens is 252 g/mol. The third-order valence-electron chi connectivity index (χ3n) is 2.76. The lowest BCUT2D eigenvalue weighted by molar-refractivity contribution is -0.152. The topological polar surface area (TPSA) is 77.1 Å². The summed E-state index contributed by atoms with van der Waals surface area (Å²) >= 11 is 0. The molecule has 1 unspecified atom stereocenters. The van der Waals surface area contributed by atoms with Gasteiger partial charge in [-0.3, -0.25) is 9.59 Å². The van der Waals surface area contributed by atoms with Crippen molar-refractivity contribution in [3.8, 4) is 0 Å². The summed E-state index contributed by atoms with van der Waals surface area (Å²) in [5.74, 6) is -0.386. The van der Waals surface area contributed by atoms with E-state index in [9.17, 15) is 9.59 Å². The van der Waals surface area contributed by atoms with Crippen LogP contribution in [0.1, 0.15) is 6.92 Å². The molecule has 1 N–H and O–H groups in total. The molecule has 0 aromatic rings. The minimum Gasteiger partial charge on any atom is -0.382 e. The molecule has 0 spiro atoms. The second-order valence-electron chi connectivity index (χ2n) is 4.12. The summed E-state index contributed by atoms with van der Waals surface area (Å²) in [6.07, 6.45) is 0. The highest BCUT2D eigenvalue weighted by molar-refractivity contribution is 5.88. The number of rotatable bonds is 7. The van der Waals surface area contributed by atoms with E-state index >= 15 is 0 Å². The van der Waals surface area contributed by atoms with Crippen molar-refractivity contribution in [2.45, 2.75) is 13.0 Å². The Bertz CT molecular complexity index is 298. The number of hydrogen-bond acceptors (Lipinski definition) is 5. The fourth-order valence-electron chi connectivity index (χ4n) is 1.80. The maximum absolute atomic E-state index is 12.0. The van der Waals surface area contributed by atoms with Gasteiger partial charge < -0.3 is 24.4 Å². The van der Waals surface area contributed by atoms with Crippen LogP contribution in [0.5, 0.6) is 0 Å². The Balaban J connectivity index is 2.46. The minimum absolute atomic E-state index is 0.0424. The van der Waals surface area contributed by atoms with Crippen molar-refractivity contribution in [3.05, 3.63) is 0 Å². The van der Waals surface area contributed by atoms with Crippen LogP contribution >= 0.6 is 0 Å². The van der Waals surface area contributed by atoms with Crippen LogP contribution in [0.2, 0.25) is 0 Å². The minimum atomic E-state index is -0.563. The van der Waals surface area contributed by atoms with E-state index < -0.39 is 6.04 Å². The number of nitrogens with zero attached hydrogens (tertiary/aromatic N) is 1. The third-order valence-corrected chi connectivity index (χ3v) is 2.76. The van der Waals surface area contributed by atoms with E-state index in [1.807, 2.05) is 6.92 Å². The summed E-state index contributed by atoms with van der Waals surface area (Å²) in [5.41, 5.74) is 0. The molecule has 19 heavy (non-hydrogen) atoms. The fraction of sp³-hybridized carbons (Fsp3) is 0.833. The quantitative estimate of drug-likeness (QED) is 0.603. The Morgan fingerprint density at radius 2 is 2.21 bits per heavy atom. The Morgan fingerprint density at radius 3 is 2.89 bits per heavy atom. The highest BCUT2D eigenvalue weighted by Crippen LogP contribution is 2.08. The van der Waals surface area contributed by atoms with Gasteiger partial charge in [-0.15, -0.1) is 0 Å². The van der Waals surface area contributed by atoms with Gasteiger partial charge >= 0.3 is 0 Å². The first-order valence-corrected chi connectivity index (χ1v) is 6.42. The molecular formula is C12H22N2O5. The predicted molar refractivity (Wildman–Crippen MR) is 67.7 cm³/mol. The van der Waals surface area contributed by atoms with Crippen LogP contribution in [0.3, 0.4) is 0 Å². The maximum Gasteiger partial charge on any atom is 0.249 e. The summed E-state index contributed by atoms with van der Waals surface area (Å²) in [6.45, 7) is 4.21. The molecule has 0 aliphatic carbocycles. The van der Waals surface area contributed by atoms with Gasteiger partial charge in [-0.05, 0) is 6.92 Å². The molecule has 1 atom stereocenters. The average molecular weight is 274 g/mol. The number of carbonyl (C=O) groups is 2. The van der Waals surface area contributed by atoms with Crippen molar-refractivity contribution in [1.82, 2.24) is 10.2 Å². The Morgan fingerprint density at radius 1 is 1.42 bits per heavy atom. The number of amides is 2. The van der Waals surface area contributed by atoms with Crippen LogP contribution in [-0.4, -0.2) is 76.0 Å². The number of carbonyl (C=O) groups excluding carboxylic acids is 2. The van der Waals surface area contributed by atoms with Gasteiger partial charge in [-0.1, -0.05) is 0 Å². The Hall–Kier alpha value is -1.18. The van der Waals surface area contributed by atoms with Crippen molar-refractivity contribution in [3.63, 3.8) is 0 Å². The van der Waals surface area contributed by atoms with E-state index in [1.54, 1.807) is 7.11 Å². The second kappa shape index (κ2) is 8.84. The molecule has 0 radical (unpaired) electrons. The fourth-order valence-corrected chi connectivity index (χ4v) is 1.80. The van der Waals surface area contributed by atoms with E-state index in [4.69, 9.17) is 14.2 Å². The van der Waals surface area contributed by atoms with E-state index in [0.29, 0.717) is 32.9 Å². The smallest absolute Gasteiger partial charge is 0.249 e. The van der Waals surface area contributed by atoms with Gasteiger partial charge in [0.1, 0.15) is 12.6 Å². The van der Waals surface area contributed by atoms with Crippen LogP contribution < -0.4 is 5.32 Å². The molecule has 2 amide bonds. The monoisotopic (exact) mass is 274 g/mol. The maximum atomic E-state index is 12.0. The first-order chi connectivity index (χ1) is 9.20. The molecule has 7 nitrogen and oxygen atoms in total. The van der Waals surface area contributed by atoms with Crippen LogP contribution in [0.25, 0.3) is 0 Å². The molecule has 1 saturated heterocycles. The average Bonchev–Trinajstić information content (AvgIpc) is 2.43. The SMILES string of the molecule is CCNC(=O)C1COCCN1C(=O)COCCOC. The molecule has 0 aromatic heterocycles. The van der Waals surface area contributed by atoms with Crippen LogP contribution in [0.4, 0.5) is 0 Å². The van der Waals surface area contributed by atoms with Crippen molar-refractivity contribution < 1.29 is 23.8 Å². The second-order valence-corrected chi connectivity index (χ2v) is 4.12. The molecule has 1 fully saturated rings. The summed E-state index contributed by atoms with van der Waals surface area (Å²) in [5, 5.41) is 2.70. The van der Waals surface area contributed by atoms with Crippen molar-refractivity contribution in [2.24, 2.45) is 0 Å². The number of methoxy groups -OCH3 is 1. The highest BCUT2D eigenvalue weighted by Gasteiger charge is 2.32. The number of likely N-dealkylation sites (N-methyl/N-ethyl adjacent to an activating group) is 1. The zero-order valence-electron chi connectivity index (χ0n) is 11.5. The molecule has 0 saturated carbocycles. The molecule has 7 heteroatoms. The Labute approximate surface area is 113 Å². The lowest BCUT2D eigenvalue weighted by Gasteiger charge is -2.34. The van der Waals surface area contributed by atoms with Crippen LogP contribution in [0, 0.1) is 0 Å². The summed E-state index contributed by atoms with van der Waals surface area (Å²) in [7, 11) is 1.57. The largest absolute Gasteiger partial charge is 0.382 e. The van der Waals surface area contributed by atoms with Crippen LogP contribution in [-0.2, 0) is 23.8 Å². The first kappa shape index (κ1) is 15.9. The summed E-state index contributed by atoms with van der Waals surface area (Å²) in [6, 6.07) is -0.563. The van der Waals surface area contributed by atoms with Gasteiger partial charge in [0.2, 0.25) is 11.8 Å². The van der Waals surface area contributed by atoms with Crippen molar-refractivity contribution in [2.75, 3.05) is 53.2 Å². The molecule has 1 heterocycles. The summed E-state index contributed by atoms with van der Waals surface area (Å²) < 4.78 is 15.3. The molecule has 110 valence electrons. The molecule has 1 rings (SSSR count). The van der Waals surface area contributed by atoms with Crippen molar-refractivity contribution >= 4 is 11.8 Å². The van der Waals surface area contributed by atoms with E-state index in [2.05, 4.69) is 5.32 Å². The molecule has 0 aromatic carbocycles. The lowest BCUT2D eigenvalue weighted by atomic mass is 10.2. The van der Waals surface area contributed by atoms with Crippen molar-refractivity contribution in [1.29, 1.82) is 0 Å². The highest BCUT2D eigenvalue weighted by atomic mass is 16.5. The molecule has 1 aliphatic heterocycles. The lowest BCUT2D eigenvalue weighted by Crippen LogP contribution is -2.56. The zero-order chi connectivity index (χ0) is 14.1. The van der Waals surface area contributed by atoms with Gasteiger partial charge in [0.05, 0.1) is 26.4 Å². The zero-order valence-corrected chi connectivity index (χ0v) is 11.5. The first-order valence-electron chi connectivity index (χ1n) is 6.42. The number of hydrogen-bond donors (Lipinski definition) is 1. The Kier molecular flexibility index (Phi) is 7.39. The van der Waals surface area contributed by atoms with Gasteiger partial charge in [0, 0.05) is 20.2 Å². The van der Waals surface area contributed by atoms with Gasteiger partial charge in [0.25, 0.3) is 0 Å². The molecule has 0 bridgehead atoms. The number of nitrogens with one attached hydrogen (secondary N) is 1. The number of ether oxygens (including phenoxy) is 3. The van der Waals surface area contributed by atoms with E-state index in [0.717, 1.165) is 0 Å². The van der Waals surface area contributed by atoms with Gasteiger partial charge in [-0.25, -0.2) is 0 Å². The summed E-state index contributed by atoms with van der Waals surface area (Å²) in [4.78, 5) is 25.4. The van der Waals surface area contributed by atoms with Gasteiger partial charge in [-0.2, -0.15) is 0 Å². The van der Waals surface area contributed by atoms with E-state index in [-0.39, 0.29) is 25.0 Å². The van der Waals surface area contributed by atoms with Gasteiger partial charge in [0.15, 0.2) is 0 Å². The van der Waals surface area contributed by atoms with Crippen LogP contribution in [0.15, 0.2) is 0 Å². The third kappa shape index (κ3) is 5.14. The van der Waals surface area contributed by atoms with E-state index in [1.165, 1.54) is 4.90 Å². The predicted octanol–water partition coefficient (Wildman–Crippen LogP) is -0.987. The molecule has 1 aliphatic rings. The normalized spacial score (nSPS) is 19.3. The standard InChI is InChI=1S/C12H22N2O5/c1-3-13-12(16)10-8-18-5-4-14(10)11(15)9-19-7-6-17-2/h10H,3-9H2,1-2H3,(H,13,16). The number of morpholine rings is 1.